The first-order valence-corrected chi connectivity index (χ1v) is 5.62. The van der Waals surface area contributed by atoms with Gasteiger partial charge in [-0.1, -0.05) is 6.07 Å². The summed E-state index contributed by atoms with van der Waals surface area (Å²) >= 11 is 0. The Bertz CT molecular complexity index is 420. The number of rotatable bonds is 3. The number of nitrogens with two attached hydrogens (primary N) is 1. The SMILES string of the molecule is CC(CN)NC(=O)c1cccc2c1OCCO2. The number of amides is 1. The molecule has 1 heterocycles. The van der Waals surface area contributed by atoms with Crippen LogP contribution in [-0.4, -0.2) is 31.7 Å². The van der Waals surface area contributed by atoms with Crippen LogP contribution < -0.4 is 20.5 Å². The van der Waals surface area contributed by atoms with Crippen molar-refractivity contribution in [1.82, 2.24) is 5.32 Å². The van der Waals surface area contributed by atoms with Gasteiger partial charge in [-0.25, -0.2) is 0 Å². The number of para-hydroxylation sites is 1. The molecule has 0 fully saturated rings. The second kappa shape index (κ2) is 5.05. The quantitative estimate of drug-likeness (QED) is 0.803. The van der Waals surface area contributed by atoms with Crippen LogP contribution in [0.3, 0.4) is 0 Å². The molecule has 0 bridgehead atoms. The van der Waals surface area contributed by atoms with Gasteiger partial charge >= 0.3 is 0 Å². The van der Waals surface area contributed by atoms with Crippen molar-refractivity contribution in [1.29, 1.82) is 0 Å². The predicted molar refractivity (Wildman–Crippen MR) is 63.4 cm³/mol. The minimum Gasteiger partial charge on any atom is -0.486 e. The summed E-state index contributed by atoms with van der Waals surface area (Å²) in [5.74, 6) is 0.940. The third kappa shape index (κ3) is 2.50. The third-order valence-corrected chi connectivity index (χ3v) is 2.54. The van der Waals surface area contributed by atoms with Gasteiger partial charge in [0.15, 0.2) is 11.5 Å². The largest absolute Gasteiger partial charge is 0.486 e. The normalized spacial score (nSPS) is 15.2. The van der Waals surface area contributed by atoms with E-state index in [4.69, 9.17) is 15.2 Å². The van der Waals surface area contributed by atoms with Crippen molar-refractivity contribution < 1.29 is 14.3 Å². The monoisotopic (exact) mass is 236 g/mol. The van der Waals surface area contributed by atoms with E-state index < -0.39 is 0 Å². The van der Waals surface area contributed by atoms with Gasteiger partial charge in [0.05, 0.1) is 5.56 Å². The number of carbonyl (C=O) groups excluding carboxylic acids is 1. The molecule has 1 unspecified atom stereocenters. The Balaban J connectivity index is 2.23. The molecule has 3 N–H and O–H groups in total. The summed E-state index contributed by atoms with van der Waals surface area (Å²) in [6.45, 7) is 3.23. The lowest BCUT2D eigenvalue weighted by atomic mass is 10.1. The molecular weight excluding hydrogens is 220 g/mol. The maximum atomic E-state index is 12.0. The highest BCUT2D eigenvalue weighted by atomic mass is 16.6. The highest BCUT2D eigenvalue weighted by Gasteiger charge is 2.20. The minimum absolute atomic E-state index is 0.0668. The van der Waals surface area contributed by atoms with Gasteiger partial charge in [0, 0.05) is 12.6 Å². The van der Waals surface area contributed by atoms with E-state index in [1.165, 1.54) is 0 Å². The summed E-state index contributed by atoms with van der Waals surface area (Å²) in [6.07, 6.45) is 0. The van der Waals surface area contributed by atoms with E-state index in [0.29, 0.717) is 36.8 Å². The van der Waals surface area contributed by atoms with Crippen LogP contribution in [-0.2, 0) is 0 Å². The average molecular weight is 236 g/mol. The van der Waals surface area contributed by atoms with E-state index in [1.54, 1.807) is 18.2 Å². The summed E-state index contributed by atoms with van der Waals surface area (Å²) < 4.78 is 10.9. The second-order valence-corrected chi connectivity index (χ2v) is 3.94. The summed E-state index contributed by atoms with van der Waals surface area (Å²) in [7, 11) is 0. The molecule has 92 valence electrons. The van der Waals surface area contributed by atoms with Crippen molar-refractivity contribution >= 4 is 5.91 Å². The van der Waals surface area contributed by atoms with E-state index in [2.05, 4.69) is 5.32 Å². The Morgan fingerprint density at radius 1 is 1.47 bits per heavy atom. The second-order valence-electron chi connectivity index (χ2n) is 3.94. The molecule has 0 saturated heterocycles. The number of carbonyl (C=O) groups is 1. The first-order chi connectivity index (χ1) is 8.22. The molecule has 0 aliphatic carbocycles. The molecule has 5 nitrogen and oxygen atoms in total. The van der Waals surface area contributed by atoms with Crippen LogP contribution in [0.5, 0.6) is 11.5 Å². The Labute approximate surface area is 99.9 Å². The van der Waals surface area contributed by atoms with E-state index >= 15 is 0 Å². The maximum Gasteiger partial charge on any atom is 0.255 e. The Morgan fingerprint density at radius 3 is 3.00 bits per heavy atom. The smallest absolute Gasteiger partial charge is 0.255 e. The van der Waals surface area contributed by atoms with Crippen LogP contribution in [0.2, 0.25) is 0 Å². The summed E-state index contributed by atoms with van der Waals surface area (Å²) in [4.78, 5) is 12.0. The van der Waals surface area contributed by atoms with Gasteiger partial charge < -0.3 is 20.5 Å². The topological polar surface area (TPSA) is 73.6 Å². The third-order valence-electron chi connectivity index (χ3n) is 2.54. The van der Waals surface area contributed by atoms with Crippen molar-refractivity contribution in [2.24, 2.45) is 5.73 Å². The zero-order chi connectivity index (χ0) is 12.3. The van der Waals surface area contributed by atoms with Gasteiger partial charge in [0.25, 0.3) is 5.91 Å². The first kappa shape index (κ1) is 11.7. The number of benzene rings is 1. The van der Waals surface area contributed by atoms with Crippen molar-refractivity contribution in [3.63, 3.8) is 0 Å². The summed E-state index contributed by atoms with van der Waals surface area (Å²) in [6, 6.07) is 5.21. The van der Waals surface area contributed by atoms with Crippen molar-refractivity contribution in [3.8, 4) is 11.5 Å². The maximum absolute atomic E-state index is 12.0. The van der Waals surface area contributed by atoms with Crippen LogP contribution in [0.25, 0.3) is 0 Å². The molecule has 0 spiro atoms. The van der Waals surface area contributed by atoms with Crippen molar-refractivity contribution in [2.75, 3.05) is 19.8 Å². The van der Waals surface area contributed by atoms with Gasteiger partial charge in [-0.05, 0) is 19.1 Å². The van der Waals surface area contributed by atoms with Gasteiger partial charge in [0.2, 0.25) is 0 Å². The molecule has 1 aromatic carbocycles. The first-order valence-electron chi connectivity index (χ1n) is 5.62. The van der Waals surface area contributed by atoms with Crippen LogP contribution in [0, 0.1) is 0 Å². The molecule has 17 heavy (non-hydrogen) atoms. The lowest BCUT2D eigenvalue weighted by molar-refractivity contribution is 0.0930. The van der Waals surface area contributed by atoms with Crippen molar-refractivity contribution in [3.05, 3.63) is 23.8 Å². The van der Waals surface area contributed by atoms with Crippen molar-refractivity contribution in [2.45, 2.75) is 13.0 Å². The lowest BCUT2D eigenvalue weighted by Crippen LogP contribution is -2.38. The Kier molecular flexibility index (Phi) is 3.49. The van der Waals surface area contributed by atoms with E-state index in [1.807, 2.05) is 6.92 Å². The van der Waals surface area contributed by atoms with Crippen LogP contribution >= 0.6 is 0 Å². The number of fused-ring (bicyclic) bond motifs is 1. The number of hydrogen-bond acceptors (Lipinski definition) is 4. The number of ether oxygens (including phenoxy) is 2. The van der Waals surface area contributed by atoms with Crippen LogP contribution in [0.1, 0.15) is 17.3 Å². The van der Waals surface area contributed by atoms with E-state index in [-0.39, 0.29) is 11.9 Å². The van der Waals surface area contributed by atoms with Crippen LogP contribution in [0.15, 0.2) is 18.2 Å². The lowest BCUT2D eigenvalue weighted by Gasteiger charge is -2.21. The number of hydrogen-bond donors (Lipinski definition) is 2. The van der Waals surface area contributed by atoms with Gasteiger partial charge in [-0.2, -0.15) is 0 Å². The van der Waals surface area contributed by atoms with Gasteiger partial charge in [-0.15, -0.1) is 0 Å². The minimum atomic E-state index is -0.190. The van der Waals surface area contributed by atoms with Gasteiger partial charge in [-0.3, -0.25) is 4.79 Å². The zero-order valence-electron chi connectivity index (χ0n) is 9.73. The summed E-state index contributed by atoms with van der Waals surface area (Å²) in [5, 5.41) is 2.80. The fraction of sp³-hybridized carbons (Fsp3) is 0.417. The van der Waals surface area contributed by atoms with E-state index in [9.17, 15) is 4.79 Å². The molecule has 1 atom stereocenters. The highest BCUT2D eigenvalue weighted by molar-refractivity contribution is 5.98. The number of nitrogens with one attached hydrogen (secondary N) is 1. The Morgan fingerprint density at radius 2 is 2.24 bits per heavy atom. The molecule has 0 aromatic heterocycles. The molecule has 1 amide bonds. The Hall–Kier alpha value is -1.75. The van der Waals surface area contributed by atoms with E-state index in [0.717, 1.165) is 0 Å². The molecule has 1 aliphatic heterocycles. The highest BCUT2D eigenvalue weighted by Crippen LogP contribution is 2.33. The summed E-state index contributed by atoms with van der Waals surface area (Å²) in [5.41, 5.74) is 5.95. The molecule has 5 heteroatoms. The van der Waals surface area contributed by atoms with Gasteiger partial charge in [0.1, 0.15) is 13.2 Å². The van der Waals surface area contributed by atoms with Crippen LogP contribution in [0.4, 0.5) is 0 Å². The molecule has 1 aromatic rings. The molecule has 2 rings (SSSR count). The molecule has 0 radical (unpaired) electrons. The fourth-order valence-corrected chi connectivity index (χ4v) is 1.61. The fourth-order valence-electron chi connectivity index (χ4n) is 1.61. The zero-order valence-corrected chi connectivity index (χ0v) is 9.73. The molecule has 1 aliphatic rings. The standard InChI is InChI=1S/C12H16N2O3/c1-8(7-13)14-12(15)9-3-2-4-10-11(9)17-6-5-16-10/h2-4,8H,5-7,13H2,1H3,(H,14,15). The molecular formula is C12H16N2O3. The molecule has 0 saturated carbocycles. The average Bonchev–Trinajstić information content (AvgIpc) is 2.37. The predicted octanol–water partition coefficient (Wildman–Crippen LogP) is 0.535.